The molecule has 0 saturated heterocycles. The van der Waals surface area contributed by atoms with Crippen LogP contribution in [0.1, 0.15) is 22.8 Å². The lowest BCUT2D eigenvalue weighted by Crippen LogP contribution is -1.93. The fourth-order valence-corrected chi connectivity index (χ4v) is 0.909. The van der Waals surface area contributed by atoms with Crippen LogP contribution in [0.15, 0.2) is 23.6 Å². The summed E-state index contributed by atoms with van der Waals surface area (Å²) in [7, 11) is 0. The lowest BCUT2D eigenvalue weighted by atomic mass is 10.1. The van der Waals surface area contributed by atoms with E-state index >= 15 is 0 Å². The number of ketones is 1. The van der Waals surface area contributed by atoms with Crippen LogP contribution in [0.2, 0.25) is 0 Å². The van der Waals surface area contributed by atoms with Crippen LogP contribution in [0.4, 0.5) is 0 Å². The Kier molecular flexibility index (Phi) is 3.90. The second-order valence-electron chi connectivity index (χ2n) is 2.71. The Hall–Kier alpha value is -2.31. The van der Waals surface area contributed by atoms with E-state index in [1.807, 2.05) is 0 Å². The molecule has 1 rings (SSSR count). The topological polar surface area (TPSA) is 78.7 Å². The van der Waals surface area contributed by atoms with E-state index < -0.39 is 0 Å². The van der Waals surface area contributed by atoms with E-state index in [9.17, 15) is 4.79 Å². The van der Waals surface area contributed by atoms with E-state index in [1.165, 1.54) is 13.1 Å². The van der Waals surface area contributed by atoms with E-state index in [4.69, 9.17) is 5.53 Å². The number of Topliss-reactive ketones (excluding diaryl/α,β-unsaturated/α-hetero) is 1. The minimum absolute atomic E-state index is 0.0544. The number of carbonyl (C=O) groups is 1. The maximum absolute atomic E-state index is 11.0. The minimum atomic E-state index is -0.0544. The molecule has 0 radical (unpaired) electrons. The van der Waals surface area contributed by atoms with Gasteiger partial charge in [-0.05, 0) is 18.5 Å². The molecule has 0 atom stereocenters. The Bertz CT molecular complexity index is 478. The summed E-state index contributed by atoms with van der Waals surface area (Å²) >= 11 is 0. The quantitative estimate of drug-likeness (QED) is 0.240. The number of nitrogens with zero attached hydrogens (tertiary/aromatic N) is 4. The lowest BCUT2D eigenvalue weighted by molar-refractivity contribution is 0.101. The zero-order valence-electron chi connectivity index (χ0n) is 8.14. The van der Waals surface area contributed by atoms with Crippen molar-refractivity contribution in [3.05, 3.63) is 40.0 Å². The summed E-state index contributed by atoms with van der Waals surface area (Å²) in [6.07, 6.45) is 3.04. The van der Waals surface area contributed by atoms with Gasteiger partial charge in [0, 0.05) is 28.4 Å². The third-order valence-electron chi connectivity index (χ3n) is 1.59. The number of pyridine rings is 1. The first-order valence-corrected chi connectivity index (χ1v) is 4.20. The highest BCUT2D eigenvalue weighted by Gasteiger charge is 1.98. The van der Waals surface area contributed by atoms with Gasteiger partial charge in [-0.1, -0.05) is 17.0 Å². The zero-order chi connectivity index (χ0) is 11.1. The van der Waals surface area contributed by atoms with Gasteiger partial charge in [0.25, 0.3) is 0 Å². The molecule has 0 N–H and O–H groups in total. The lowest BCUT2D eigenvalue weighted by Gasteiger charge is -1.94. The van der Waals surface area contributed by atoms with Crippen LogP contribution in [0.3, 0.4) is 0 Å². The maximum atomic E-state index is 11.0. The second-order valence-corrected chi connectivity index (χ2v) is 2.71. The van der Waals surface area contributed by atoms with E-state index in [2.05, 4.69) is 26.9 Å². The molecule has 0 saturated carbocycles. The summed E-state index contributed by atoms with van der Waals surface area (Å²) in [6.45, 7) is 1.58. The largest absolute Gasteiger partial charge is 0.294 e. The second kappa shape index (κ2) is 5.43. The highest BCUT2D eigenvalue weighted by atomic mass is 16.1. The van der Waals surface area contributed by atoms with Gasteiger partial charge in [-0.15, -0.1) is 0 Å². The van der Waals surface area contributed by atoms with Crippen molar-refractivity contribution >= 4 is 5.78 Å². The highest BCUT2D eigenvalue weighted by molar-refractivity contribution is 5.93. The third-order valence-corrected chi connectivity index (χ3v) is 1.59. The van der Waals surface area contributed by atoms with Gasteiger partial charge in [0.15, 0.2) is 5.78 Å². The molecular formula is C10H8N4O. The van der Waals surface area contributed by atoms with Gasteiger partial charge in [-0.25, -0.2) is 0 Å². The van der Waals surface area contributed by atoms with Crippen molar-refractivity contribution in [3.8, 4) is 11.8 Å². The Balaban J connectivity index is 2.84. The Morgan fingerprint density at radius 3 is 3.13 bits per heavy atom. The predicted molar refractivity (Wildman–Crippen MR) is 55.1 cm³/mol. The van der Waals surface area contributed by atoms with Gasteiger partial charge >= 0.3 is 0 Å². The molecule has 0 spiro atoms. The van der Waals surface area contributed by atoms with Crippen molar-refractivity contribution in [1.29, 1.82) is 0 Å². The molecule has 0 aromatic carbocycles. The molecule has 0 aliphatic heterocycles. The van der Waals surface area contributed by atoms with E-state index in [-0.39, 0.29) is 12.3 Å². The van der Waals surface area contributed by atoms with Crippen LogP contribution >= 0.6 is 0 Å². The summed E-state index contributed by atoms with van der Waals surface area (Å²) < 4.78 is 0. The average Bonchev–Trinajstić information content (AvgIpc) is 2.25. The van der Waals surface area contributed by atoms with Crippen LogP contribution in [-0.4, -0.2) is 17.3 Å². The molecule has 0 aliphatic rings. The number of hydrogen-bond acceptors (Lipinski definition) is 3. The highest BCUT2D eigenvalue weighted by Crippen LogP contribution is 2.01. The summed E-state index contributed by atoms with van der Waals surface area (Å²) in [5.41, 5.74) is 9.17. The fourth-order valence-electron chi connectivity index (χ4n) is 0.909. The van der Waals surface area contributed by atoms with Crippen molar-refractivity contribution in [2.24, 2.45) is 5.11 Å². The van der Waals surface area contributed by atoms with Gasteiger partial charge < -0.3 is 0 Å². The predicted octanol–water partition coefficient (Wildman–Crippen LogP) is 1.95. The van der Waals surface area contributed by atoms with E-state index in [0.717, 1.165) is 0 Å². The number of carbonyl (C=O) groups excluding carboxylic acids is 1. The van der Waals surface area contributed by atoms with Crippen molar-refractivity contribution < 1.29 is 4.79 Å². The monoisotopic (exact) mass is 200 g/mol. The molecule has 0 aliphatic carbocycles. The SMILES string of the molecule is CC(=O)c1cncc(C#CCN=[N+]=[N-])c1. The molecule has 1 aromatic rings. The standard InChI is InChI=1S/C10H8N4O/c1-8(15)10-5-9(6-12-7-10)3-2-4-13-14-11/h5-7H,4H2,1H3. The summed E-state index contributed by atoms with van der Waals surface area (Å²) in [6, 6.07) is 1.65. The summed E-state index contributed by atoms with van der Waals surface area (Å²) in [5.74, 6) is 5.34. The average molecular weight is 200 g/mol. The first-order valence-electron chi connectivity index (χ1n) is 4.20. The van der Waals surface area contributed by atoms with Crippen LogP contribution < -0.4 is 0 Å². The van der Waals surface area contributed by atoms with Crippen LogP contribution in [0.25, 0.3) is 10.4 Å². The fraction of sp³-hybridized carbons (Fsp3) is 0.200. The van der Waals surface area contributed by atoms with Gasteiger partial charge in [0.1, 0.15) is 0 Å². The number of aromatic nitrogens is 1. The van der Waals surface area contributed by atoms with Gasteiger partial charge in [-0.3, -0.25) is 9.78 Å². The Morgan fingerprint density at radius 2 is 2.47 bits per heavy atom. The van der Waals surface area contributed by atoms with Gasteiger partial charge in [-0.2, -0.15) is 0 Å². The normalized spacial score (nSPS) is 8.33. The molecule has 0 fully saturated rings. The first kappa shape index (κ1) is 10.8. The van der Waals surface area contributed by atoms with Crippen LogP contribution in [-0.2, 0) is 0 Å². The molecular weight excluding hydrogens is 192 g/mol. The molecule has 0 bridgehead atoms. The summed E-state index contributed by atoms with van der Waals surface area (Å²) in [5, 5.41) is 3.26. The molecule has 5 heteroatoms. The Labute approximate surface area is 86.8 Å². The zero-order valence-corrected chi connectivity index (χ0v) is 8.14. The molecule has 5 nitrogen and oxygen atoms in total. The third kappa shape index (κ3) is 3.51. The minimum Gasteiger partial charge on any atom is -0.294 e. The molecule has 15 heavy (non-hydrogen) atoms. The first-order chi connectivity index (χ1) is 7.24. The van der Waals surface area contributed by atoms with Crippen molar-refractivity contribution in [2.45, 2.75) is 6.92 Å². The smallest absolute Gasteiger partial charge is 0.161 e. The van der Waals surface area contributed by atoms with E-state index in [1.54, 1.807) is 12.3 Å². The van der Waals surface area contributed by atoms with Crippen LogP contribution in [0.5, 0.6) is 0 Å². The Morgan fingerprint density at radius 1 is 1.67 bits per heavy atom. The molecule has 1 aromatic heterocycles. The van der Waals surface area contributed by atoms with Gasteiger partial charge in [0.05, 0.1) is 6.54 Å². The van der Waals surface area contributed by atoms with Crippen molar-refractivity contribution in [3.63, 3.8) is 0 Å². The van der Waals surface area contributed by atoms with Gasteiger partial charge in [0.2, 0.25) is 0 Å². The number of azide groups is 1. The molecule has 74 valence electrons. The number of rotatable bonds is 2. The molecule has 0 unspecified atom stereocenters. The van der Waals surface area contributed by atoms with Crippen molar-refractivity contribution in [1.82, 2.24) is 4.98 Å². The van der Waals surface area contributed by atoms with Crippen LogP contribution in [0, 0.1) is 11.8 Å². The molecule has 0 amide bonds. The number of hydrogen-bond donors (Lipinski definition) is 0. The summed E-state index contributed by atoms with van der Waals surface area (Å²) in [4.78, 5) is 17.5. The van der Waals surface area contributed by atoms with Crippen molar-refractivity contribution in [2.75, 3.05) is 6.54 Å². The maximum Gasteiger partial charge on any atom is 0.161 e. The van der Waals surface area contributed by atoms with E-state index in [0.29, 0.717) is 11.1 Å². The molecule has 1 heterocycles.